The summed E-state index contributed by atoms with van der Waals surface area (Å²) in [5, 5.41) is 4.93. The molecule has 2 heterocycles. The van der Waals surface area contributed by atoms with E-state index in [1.807, 2.05) is 19.9 Å². The second kappa shape index (κ2) is 3.94. The van der Waals surface area contributed by atoms with Crippen LogP contribution in [0.2, 0.25) is 5.02 Å². The van der Waals surface area contributed by atoms with Crippen LogP contribution in [0.1, 0.15) is 11.3 Å². The Morgan fingerprint density at radius 2 is 2.13 bits per heavy atom. The summed E-state index contributed by atoms with van der Waals surface area (Å²) < 4.78 is 2.65. The van der Waals surface area contributed by atoms with Gasteiger partial charge in [-0.05, 0) is 41.4 Å². The number of pyridine rings is 1. The van der Waals surface area contributed by atoms with E-state index in [0.29, 0.717) is 5.02 Å². The van der Waals surface area contributed by atoms with Crippen LogP contribution in [0, 0.1) is 13.8 Å². The van der Waals surface area contributed by atoms with Crippen molar-refractivity contribution in [3.8, 4) is 5.82 Å². The normalized spacial score (nSPS) is 10.7. The van der Waals surface area contributed by atoms with Crippen LogP contribution in [-0.4, -0.2) is 14.8 Å². The van der Waals surface area contributed by atoms with Gasteiger partial charge in [0.25, 0.3) is 0 Å². The minimum Gasteiger partial charge on any atom is -0.236 e. The molecule has 0 spiro atoms. The number of rotatable bonds is 1. The first kappa shape index (κ1) is 10.6. The molecule has 0 fully saturated rings. The Balaban J connectivity index is 2.54. The SMILES string of the molecule is Cc1cc(Br)cnc1-n1cc(Cl)c(C)n1. The molecule has 2 rings (SSSR count). The van der Waals surface area contributed by atoms with E-state index in [1.54, 1.807) is 17.1 Å². The molecule has 2 aromatic heterocycles. The lowest BCUT2D eigenvalue weighted by atomic mass is 10.3. The molecule has 2 aromatic rings. The highest BCUT2D eigenvalue weighted by Crippen LogP contribution is 2.19. The smallest absolute Gasteiger partial charge is 0.156 e. The molecule has 0 amide bonds. The summed E-state index contributed by atoms with van der Waals surface area (Å²) in [5.41, 5.74) is 1.85. The van der Waals surface area contributed by atoms with E-state index >= 15 is 0 Å². The first-order chi connectivity index (χ1) is 7.08. The highest BCUT2D eigenvalue weighted by molar-refractivity contribution is 9.10. The Bertz CT molecular complexity index is 488. The van der Waals surface area contributed by atoms with Gasteiger partial charge in [-0.3, -0.25) is 0 Å². The van der Waals surface area contributed by atoms with E-state index < -0.39 is 0 Å². The second-order valence-corrected chi connectivity index (χ2v) is 4.62. The maximum absolute atomic E-state index is 5.94. The largest absolute Gasteiger partial charge is 0.236 e. The van der Waals surface area contributed by atoms with Crippen LogP contribution >= 0.6 is 27.5 Å². The minimum absolute atomic E-state index is 0.652. The van der Waals surface area contributed by atoms with Gasteiger partial charge in [0.1, 0.15) is 0 Å². The zero-order valence-electron chi connectivity index (χ0n) is 8.33. The van der Waals surface area contributed by atoms with Gasteiger partial charge in [0, 0.05) is 10.7 Å². The Morgan fingerprint density at radius 3 is 2.67 bits per heavy atom. The third-order valence-electron chi connectivity index (χ3n) is 2.07. The fraction of sp³-hybridized carbons (Fsp3) is 0.200. The number of hydrogen-bond donors (Lipinski definition) is 0. The highest BCUT2D eigenvalue weighted by Gasteiger charge is 2.07. The maximum Gasteiger partial charge on any atom is 0.156 e. The van der Waals surface area contributed by atoms with Crippen molar-refractivity contribution in [1.82, 2.24) is 14.8 Å². The van der Waals surface area contributed by atoms with Crippen molar-refractivity contribution in [2.75, 3.05) is 0 Å². The zero-order chi connectivity index (χ0) is 11.0. The molecule has 0 aliphatic rings. The van der Waals surface area contributed by atoms with Gasteiger partial charge in [-0.25, -0.2) is 9.67 Å². The van der Waals surface area contributed by atoms with Crippen molar-refractivity contribution in [1.29, 1.82) is 0 Å². The second-order valence-electron chi connectivity index (χ2n) is 3.30. The van der Waals surface area contributed by atoms with Crippen molar-refractivity contribution >= 4 is 27.5 Å². The predicted octanol–water partition coefficient (Wildman–Crippen LogP) is 3.30. The number of nitrogens with zero attached hydrogens (tertiary/aromatic N) is 3. The maximum atomic E-state index is 5.94. The Hall–Kier alpha value is -0.870. The Morgan fingerprint density at radius 1 is 1.40 bits per heavy atom. The molecule has 0 unspecified atom stereocenters. The summed E-state index contributed by atoms with van der Waals surface area (Å²) >= 11 is 9.31. The lowest BCUT2D eigenvalue weighted by Crippen LogP contribution is -2.00. The van der Waals surface area contributed by atoms with E-state index in [4.69, 9.17) is 11.6 Å². The van der Waals surface area contributed by atoms with Gasteiger partial charge in [-0.1, -0.05) is 11.6 Å². The molecule has 0 aliphatic heterocycles. The molecule has 0 bridgehead atoms. The molecule has 0 aromatic carbocycles. The molecular formula is C10H9BrClN3. The molecule has 0 aliphatic carbocycles. The highest BCUT2D eigenvalue weighted by atomic mass is 79.9. The van der Waals surface area contributed by atoms with Gasteiger partial charge < -0.3 is 0 Å². The van der Waals surface area contributed by atoms with E-state index in [9.17, 15) is 0 Å². The lowest BCUT2D eigenvalue weighted by Gasteiger charge is -2.04. The third kappa shape index (κ3) is 2.06. The molecule has 5 heteroatoms. The van der Waals surface area contributed by atoms with Crippen molar-refractivity contribution in [2.45, 2.75) is 13.8 Å². The van der Waals surface area contributed by atoms with Gasteiger partial charge in [-0.2, -0.15) is 5.10 Å². The van der Waals surface area contributed by atoms with Crippen LogP contribution in [0.5, 0.6) is 0 Å². The lowest BCUT2D eigenvalue weighted by molar-refractivity contribution is 0.823. The summed E-state index contributed by atoms with van der Waals surface area (Å²) in [6.45, 7) is 3.85. The summed E-state index contributed by atoms with van der Waals surface area (Å²) in [5.74, 6) is 0.799. The fourth-order valence-electron chi connectivity index (χ4n) is 1.32. The first-order valence-electron chi connectivity index (χ1n) is 4.42. The van der Waals surface area contributed by atoms with Crippen LogP contribution in [-0.2, 0) is 0 Å². The third-order valence-corrected chi connectivity index (χ3v) is 2.88. The van der Waals surface area contributed by atoms with Gasteiger partial charge in [0.15, 0.2) is 5.82 Å². The van der Waals surface area contributed by atoms with Crippen molar-refractivity contribution < 1.29 is 0 Å². The number of aryl methyl sites for hydroxylation is 2. The first-order valence-corrected chi connectivity index (χ1v) is 5.59. The van der Waals surface area contributed by atoms with E-state index in [1.165, 1.54) is 0 Å². The Labute approximate surface area is 101 Å². The predicted molar refractivity (Wildman–Crippen MR) is 63.5 cm³/mol. The summed E-state index contributed by atoms with van der Waals surface area (Å²) in [6.07, 6.45) is 3.51. The average molecular weight is 287 g/mol. The minimum atomic E-state index is 0.652. The van der Waals surface area contributed by atoms with Gasteiger partial charge in [0.05, 0.1) is 16.9 Å². The van der Waals surface area contributed by atoms with Crippen molar-refractivity contribution in [3.63, 3.8) is 0 Å². The topological polar surface area (TPSA) is 30.7 Å². The number of aromatic nitrogens is 3. The Kier molecular flexibility index (Phi) is 2.80. The summed E-state index contributed by atoms with van der Waals surface area (Å²) in [7, 11) is 0. The number of hydrogen-bond acceptors (Lipinski definition) is 2. The summed E-state index contributed by atoms with van der Waals surface area (Å²) in [4.78, 5) is 4.30. The molecule has 0 saturated carbocycles. The van der Waals surface area contributed by atoms with Crippen LogP contribution in [0.25, 0.3) is 5.82 Å². The van der Waals surface area contributed by atoms with E-state index in [0.717, 1.165) is 21.5 Å². The molecule has 0 radical (unpaired) electrons. The van der Waals surface area contributed by atoms with Gasteiger partial charge >= 0.3 is 0 Å². The standard InChI is InChI=1S/C10H9BrClN3/c1-6-3-8(11)4-13-10(6)15-5-9(12)7(2)14-15/h3-5H,1-2H3. The molecule has 3 nitrogen and oxygen atoms in total. The van der Waals surface area contributed by atoms with Crippen molar-refractivity contribution in [2.24, 2.45) is 0 Å². The quantitative estimate of drug-likeness (QED) is 0.805. The molecule has 0 N–H and O–H groups in total. The van der Waals surface area contributed by atoms with Crippen LogP contribution in [0.15, 0.2) is 22.9 Å². The van der Waals surface area contributed by atoms with Crippen molar-refractivity contribution in [3.05, 3.63) is 39.2 Å². The monoisotopic (exact) mass is 285 g/mol. The summed E-state index contributed by atoms with van der Waals surface area (Å²) in [6, 6.07) is 1.99. The number of halogens is 2. The molecule has 15 heavy (non-hydrogen) atoms. The van der Waals surface area contributed by atoms with E-state index in [2.05, 4.69) is 26.0 Å². The van der Waals surface area contributed by atoms with Gasteiger partial charge in [0.2, 0.25) is 0 Å². The molecule has 0 saturated heterocycles. The molecular weight excluding hydrogens is 277 g/mol. The van der Waals surface area contributed by atoms with Gasteiger partial charge in [-0.15, -0.1) is 0 Å². The zero-order valence-corrected chi connectivity index (χ0v) is 10.7. The van der Waals surface area contributed by atoms with Crippen LogP contribution in [0.3, 0.4) is 0 Å². The van der Waals surface area contributed by atoms with Crippen LogP contribution in [0.4, 0.5) is 0 Å². The fourth-order valence-corrected chi connectivity index (χ4v) is 1.90. The van der Waals surface area contributed by atoms with Crippen LogP contribution < -0.4 is 0 Å². The molecule has 78 valence electrons. The average Bonchev–Trinajstić information content (AvgIpc) is 2.46. The van der Waals surface area contributed by atoms with E-state index in [-0.39, 0.29) is 0 Å². The molecule has 0 atom stereocenters.